The molecule has 0 N–H and O–H groups in total. The third-order valence-electron chi connectivity index (χ3n) is 4.68. The second-order valence-electron chi connectivity index (χ2n) is 7.34. The molecule has 23 heavy (non-hydrogen) atoms. The summed E-state index contributed by atoms with van der Waals surface area (Å²) < 4.78 is 12.9. The third kappa shape index (κ3) is 7.62. The first-order valence-electron chi connectivity index (χ1n) is 9.20. The van der Waals surface area contributed by atoms with Gasteiger partial charge in [0.15, 0.2) is 0 Å². The van der Waals surface area contributed by atoms with E-state index in [1.807, 2.05) is 0 Å². The predicted molar refractivity (Wildman–Crippen MR) is 100 cm³/mol. The number of hydrogen-bond acceptors (Lipinski definition) is 5. The Bertz CT molecular complexity index is 296. The van der Waals surface area contributed by atoms with Crippen molar-refractivity contribution >= 4 is 8.56 Å². The van der Waals surface area contributed by atoms with Crippen LogP contribution in [0.4, 0.5) is 0 Å². The lowest BCUT2D eigenvalue weighted by Gasteiger charge is -2.42. The van der Waals surface area contributed by atoms with Crippen molar-refractivity contribution in [1.82, 2.24) is 14.7 Å². The van der Waals surface area contributed by atoms with Crippen molar-refractivity contribution in [3.8, 4) is 0 Å². The summed E-state index contributed by atoms with van der Waals surface area (Å²) in [6, 6.07) is 0. The molecule has 1 rings (SSSR count). The Kier molecular flexibility index (Phi) is 9.88. The Morgan fingerprint density at radius 1 is 0.913 bits per heavy atom. The van der Waals surface area contributed by atoms with Crippen LogP contribution in [0.25, 0.3) is 0 Å². The molecule has 1 atom stereocenters. The molecule has 5 nitrogen and oxygen atoms in total. The highest BCUT2D eigenvalue weighted by Crippen LogP contribution is 2.24. The fourth-order valence-corrected chi connectivity index (χ4v) is 6.41. The lowest BCUT2D eigenvalue weighted by Crippen LogP contribution is -2.60. The molecule has 1 aliphatic rings. The van der Waals surface area contributed by atoms with Gasteiger partial charge in [0.1, 0.15) is 0 Å². The highest BCUT2D eigenvalue weighted by Gasteiger charge is 2.43. The minimum absolute atomic E-state index is 0.465. The molecule has 0 bridgehead atoms. The normalized spacial score (nSPS) is 18.8. The van der Waals surface area contributed by atoms with E-state index < -0.39 is 8.56 Å². The molecule has 0 aromatic carbocycles. The molecular weight excluding hydrogens is 306 g/mol. The second-order valence-corrected chi connectivity index (χ2v) is 10.6. The Morgan fingerprint density at radius 2 is 1.39 bits per heavy atom. The van der Waals surface area contributed by atoms with Gasteiger partial charge in [-0.2, -0.15) is 0 Å². The molecule has 0 radical (unpaired) electrons. The maximum Gasteiger partial charge on any atom is 0.352 e. The number of rotatable bonds is 11. The van der Waals surface area contributed by atoms with Crippen LogP contribution in [0, 0.1) is 0 Å². The van der Waals surface area contributed by atoms with E-state index in [9.17, 15) is 0 Å². The molecule has 1 unspecified atom stereocenters. The molecule has 1 saturated heterocycles. The van der Waals surface area contributed by atoms with Crippen molar-refractivity contribution in [3.05, 3.63) is 0 Å². The van der Waals surface area contributed by atoms with Crippen LogP contribution in [0.5, 0.6) is 0 Å². The molecule has 0 aliphatic carbocycles. The Labute approximate surface area is 145 Å². The largest absolute Gasteiger partial charge is 0.392 e. The highest BCUT2D eigenvalue weighted by atomic mass is 28.4. The Balaban J connectivity index is 2.71. The molecule has 0 saturated carbocycles. The van der Waals surface area contributed by atoms with Crippen molar-refractivity contribution in [1.29, 1.82) is 0 Å². The van der Waals surface area contributed by atoms with Crippen LogP contribution < -0.4 is 0 Å². The Hall–Kier alpha value is 0.0169. The number of piperidine rings is 1. The minimum atomic E-state index is -2.23. The van der Waals surface area contributed by atoms with Gasteiger partial charge in [0.2, 0.25) is 0 Å². The molecule has 0 aromatic heterocycles. The Morgan fingerprint density at radius 3 is 1.78 bits per heavy atom. The van der Waals surface area contributed by atoms with Crippen LogP contribution in [-0.2, 0) is 8.85 Å². The van der Waals surface area contributed by atoms with Gasteiger partial charge < -0.3 is 18.7 Å². The van der Waals surface area contributed by atoms with Crippen LogP contribution in [0.1, 0.15) is 32.6 Å². The zero-order chi connectivity index (χ0) is 17.3. The predicted octanol–water partition coefficient (Wildman–Crippen LogP) is 2.02. The van der Waals surface area contributed by atoms with Gasteiger partial charge in [-0.3, -0.25) is 4.90 Å². The average Bonchev–Trinajstić information content (AvgIpc) is 2.48. The van der Waals surface area contributed by atoms with Crippen LogP contribution in [0.2, 0.25) is 6.55 Å². The van der Waals surface area contributed by atoms with Crippen LogP contribution in [0.15, 0.2) is 0 Å². The summed E-state index contributed by atoms with van der Waals surface area (Å²) in [5.41, 5.74) is 0.465. The van der Waals surface area contributed by atoms with Gasteiger partial charge in [-0.25, -0.2) is 0 Å². The third-order valence-corrected chi connectivity index (χ3v) is 8.22. The first kappa shape index (κ1) is 21.1. The highest BCUT2D eigenvalue weighted by molar-refractivity contribution is 6.67. The van der Waals surface area contributed by atoms with Crippen LogP contribution >= 0.6 is 0 Å². The topological polar surface area (TPSA) is 28.2 Å². The van der Waals surface area contributed by atoms with E-state index >= 15 is 0 Å². The van der Waals surface area contributed by atoms with E-state index in [0.717, 1.165) is 32.7 Å². The van der Waals surface area contributed by atoms with Gasteiger partial charge in [0, 0.05) is 26.3 Å². The van der Waals surface area contributed by atoms with Crippen LogP contribution in [0.3, 0.4) is 0 Å². The summed E-state index contributed by atoms with van der Waals surface area (Å²) in [5, 5.41) is 0. The van der Waals surface area contributed by atoms with Crippen molar-refractivity contribution in [3.63, 3.8) is 0 Å². The van der Waals surface area contributed by atoms with Crippen LogP contribution in [-0.4, -0.2) is 96.5 Å². The summed E-state index contributed by atoms with van der Waals surface area (Å²) in [6.07, 6.45) is 5.12. The number of likely N-dealkylation sites (N-methyl/N-ethyl adjacent to an activating group) is 2. The lowest BCUT2D eigenvalue weighted by molar-refractivity contribution is 0.0995. The van der Waals surface area contributed by atoms with E-state index in [1.165, 1.54) is 32.4 Å². The molecule has 0 amide bonds. The number of hydrogen-bond donors (Lipinski definition) is 0. The summed E-state index contributed by atoms with van der Waals surface area (Å²) in [5.74, 6) is 0. The fourth-order valence-electron chi connectivity index (χ4n) is 3.29. The molecule has 6 heteroatoms. The summed E-state index contributed by atoms with van der Waals surface area (Å²) in [6.45, 7) is 10.4. The number of nitrogens with zero attached hydrogens (tertiary/aromatic N) is 3. The second kappa shape index (κ2) is 10.8. The molecule has 1 fully saturated rings. The van der Waals surface area contributed by atoms with Gasteiger partial charge in [0.25, 0.3) is 0 Å². The van der Waals surface area contributed by atoms with Crippen molar-refractivity contribution in [2.75, 3.05) is 67.6 Å². The van der Waals surface area contributed by atoms with E-state index in [2.05, 4.69) is 56.4 Å². The minimum Gasteiger partial charge on any atom is -0.392 e. The molecule has 138 valence electrons. The molecule has 1 heterocycles. The van der Waals surface area contributed by atoms with Gasteiger partial charge >= 0.3 is 8.56 Å². The molecular formula is C17H39N3O2Si. The first-order valence-corrected chi connectivity index (χ1v) is 11.6. The van der Waals surface area contributed by atoms with Crippen molar-refractivity contribution in [2.45, 2.75) is 44.8 Å². The monoisotopic (exact) mass is 345 g/mol. The lowest BCUT2D eigenvalue weighted by atomic mass is 10.1. The standard InChI is InChI=1S/C17H39N3O2Si/c1-7-17(20-11-9-8-10-12-20)23(6,21-15-13-18(2)3)22-16-14-19(4)5/h17H,7-16H2,1-6H3. The maximum absolute atomic E-state index is 6.44. The van der Waals surface area contributed by atoms with E-state index in [-0.39, 0.29) is 0 Å². The van der Waals surface area contributed by atoms with Gasteiger partial charge in [-0.05, 0) is 67.1 Å². The molecule has 1 aliphatic heterocycles. The van der Waals surface area contributed by atoms with E-state index in [0.29, 0.717) is 5.67 Å². The zero-order valence-corrected chi connectivity index (χ0v) is 17.3. The number of likely N-dealkylation sites (tertiary alicyclic amines) is 1. The quantitative estimate of drug-likeness (QED) is 0.534. The average molecular weight is 346 g/mol. The SMILES string of the molecule is CCC(N1CCCCC1)[Si](C)(OCCN(C)C)OCCN(C)C. The van der Waals surface area contributed by atoms with E-state index in [1.54, 1.807) is 0 Å². The summed E-state index contributed by atoms with van der Waals surface area (Å²) in [7, 11) is 6.15. The maximum atomic E-state index is 6.44. The first-order chi connectivity index (χ1) is 10.9. The smallest absolute Gasteiger partial charge is 0.352 e. The molecule has 0 aromatic rings. The van der Waals surface area contributed by atoms with Gasteiger partial charge in [-0.1, -0.05) is 13.3 Å². The van der Waals surface area contributed by atoms with Gasteiger partial charge in [-0.15, -0.1) is 0 Å². The molecule has 0 spiro atoms. The van der Waals surface area contributed by atoms with Crippen molar-refractivity contribution in [2.24, 2.45) is 0 Å². The summed E-state index contributed by atoms with van der Waals surface area (Å²) in [4.78, 5) is 6.99. The summed E-state index contributed by atoms with van der Waals surface area (Å²) >= 11 is 0. The fraction of sp³-hybridized carbons (Fsp3) is 1.00. The van der Waals surface area contributed by atoms with Crippen molar-refractivity contribution < 1.29 is 8.85 Å². The zero-order valence-electron chi connectivity index (χ0n) is 16.3. The van der Waals surface area contributed by atoms with E-state index in [4.69, 9.17) is 8.85 Å². The van der Waals surface area contributed by atoms with Gasteiger partial charge in [0.05, 0.1) is 5.67 Å².